The summed E-state index contributed by atoms with van der Waals surface area (Å²) in [6, 6.07) is 5.91. The molecule has 0 aliphatic heterocycles. The molecule has 0 saturated heterocycles. The standard InChI is InChI=1S/C16H16F2/c1-9(2)13-8-12(17)7-11-5-6-14(18)15(10(3)4)16(11)13/h5-9H,3H2,1-2,4H3. The van der Waals surface area contributed by atoms with Gasteiger partial charge in [-0.05, 0) is 52.9 Å². The van der Waals surface area contributed by atoms with E-state index in [-0.39, 0.29) is 17.6 Å². The fraction of sp³-hybridized carbons (Fsp3) is 0.250. The number of halogens is 2. The second kappa shape index (κ2) is 4.52. The first-order valence-electron chi connectivity index (χ1n) is 5.99. The lowest BCUT2D eigenvalue weighted by Gasteiger charge is -2.15. The molecule has 18 heavy (non-hydrogen) atoms. The van der Waals surface area contributed by atoms with Crippen molar-refractivity contribution in [2.24, 2.45) is 0 Å². The van der Waals surface area contributed by atoms with Crippen molar-refractivity contribution in [1.82, 2.24) is 0 Å². The van der Waals surface area contributed by atoms with Gasteiger partial charge in [-0.15, -0.1) is 0 Å². The molecule has 0 aromatic heterocycles. The van der Waals surface area contributed by atoms with Gasteiger partial charge in [-0.1, -0.05) is 26.5 Å². The average molecular weight is 246 g/mol. The van der Waals surface area contributed by atoms with Gasteiger partial charge in [-0.2, -0.15) is 0 Å². The molecule has 2 aromatic rings. The molecule has 0 fully saturated rings. The van der Waals surface area contributed by atoms with Gasteiger partial charge in [0.05, 0.1) is 0 Å². The van der Waals surface area contributed by atoms with Crippen LogP contribution in [0.4, 0.5) is 8.78 Å². The monoisotopic (exact) mass is 246 g/mol. The number of hydrogen-bond donors (Lipinski definition) is 0. The zero-order valence-electron chi connectivity index (χ0n) is 10.8. The summed E-state index contributed by atoms with van der Waals surface area (Å²) in [6.07, 6.45) is 0. The third kappa shape index (κ3) is 2.03. The molecule has 0 saturated carbocycles. The first kappa shape index (κ1) is 12.7. The second-order valence-corrected chi connectivity index (χ2v) is 4.95. The van der Waals surface area contributed by atoms with Gasteiger partial charge in [-0.3, -0.25) is 0 Å². The van der Waals surface area contributed by atoms with Gasteiger partial charge in [0, 0.05) is 5.56 Å². The van der Waals surface area contributed by atoms with Crippen LogP contribution in [0.3, 0.4) is 0 Å². The number of benzene rings is 2. The maximum Gasteiger partial charge on any atom is 0.131 e. The Kier molecular flexibility index (Phi) is 3.20. The van der Waals surface area contributed by atoms with Gasteiger partial charge in [0.1, 0.15) is 11.6 Å². The van der Waals surface area contributed by atoms with Crippen molar-refractivity contribution >= 4 is 16.3 Å². The highest BCUT2D eigenvalue weighted by atomic mass is 19.1. The zero-order valence-corrected chi connectivity index (χ0v) is 10.8. The molecule has 0 spiro atoms. The number of rotatable bonds is 2. The van der Waals surface area contributed by atoms with Gasteiger partial charge in [0.2, 0.25) is 0 Å². The molecule has 0 N–H and O–H groups in total. The number of fused-ring (bicyclic) bond motifs is 1. The van der Waals surface area contributed by atoms with E-state index in [1.807, 2.05) is 13.8 Å². The Labute approximate surface area is 106 Å². The van der Waals surface area contributed by atoms with Gasteiger partial charge in [0.15, 0.2) is 0 Å². The third-order valence-electron chi connectivity index (χ3n) is 3.11. The van der Waals surface area contributed by atoms with Crippen LogP contribution in [0.1, 0.15) is 37.8 Å². The Hall–Kier alpha value is -1.70. The van der Waals surface area contributed by atoms with Crippen LogP contribution < -0.4 is 0 Å². The van der Waals surface area contributed by atoms with Gasteiger partial charge in [0.25, 0.3) is 0 Å². The molecule has 0 aliphatic carbocycles. The highest BCUT2D eigenvalue weighted by molar-refractivity contribution is 5.96. The maximum atomic E-state index is 14.0. The van der Waals surface area contributed by atoms with Crippen LogP contribution in [0.5, 0.6) is 0 Å². The van der Waals surface area contributed by atoms with E-state index in [2.05, 4.69) is 6.58 Å². The molecule has 0 amide bonds. The topological polar surface area (TPSA) is 0 Å². The highest BCUT2D eigenvalue weighted by Crippen LogP contribution is 2.34. The molecule has 0 aliphatic rings. The van der Waals surface area contributed by atoms with Crippen LogP contribution in [0.25, 0.3) is 16.3 Å². The SMILES string of the molecule is C=C(C)c1c(F)ccc2cc(F)cc(C(C)C)c12. The van der Waals surface area contributed by atoms with Gasteiger partial charge < -0.3 is 0 Å². The molecule has 94 valence electrons. The zero-order chi connectivity index (χ0) is 13.4. The summed E-state index contributed by atoms with van der Waals surface area (Å²) in [6.45, 7) is 9.54. The molecular weight excluding hydrogens is 230 g/mol. The Morgan fingerprint density at radius 2 is 1.83 bits per heavy atom. The van der Waals surface area contributed by atoms with E-state index < -0.39 is 0 Å². The van der Waals surface area contributed by atoms with Crippen molar-refractivity contribution in [3.05, 3.63) is 53.6 Å². The Morgan fingerprint density at radius 1 is 1.17 bits per heavy atom. The van der Waals surface area contributed by atoms with E-state index in [9.17, 15) is 8.78 Å². The van der Waals surface area contributed by atoms with Crippen molar-refractivity contribution < 1.29 is 8.78 Å². The predicted molar refractivity (Wildman–Crippen MR) is 72.7 cm³/mol. The average Bonchev–Trinajstić information content (AvgIpc) is 2.27. The normalized spacial score (nSPS) is 11.2. The first-order valence-corrected chi connectivity index (χ1v) is 5.99. The summed E-state index contributed by atoms with van der Waals surface area (Å²) in [5, 5.41) is 1.50. The molecule has 2 aromatic carbocycles. The summed E-state index contributed by atoms with van der Waals surface area (Å²) in [4.78, 5) is 0. The lowest BCUT2D eigenvalue weighted by atomic mass is 9.90. The molecule has 0 unspecified atom stereocenters. The van der Waals surface area contributed by atoms with E-state index >= 15 is 0 Å². The van der Waals surface area contributed by atoms with Crippen LogP contribution in [0, 0.1) is 11.6 Å². The van der Waals surface area contributed by atoms with Crippen molar-refractivity contribution in [3.8, 4) is 0 Å². The van der Waals surface area contributed by atoms with Crippen molar-refractivity contribution in [3.63, 3.8) is 0 Å². The van der Waals surface area contributed by atoms with Crippen LogP contribution >= 0.6 is 0 Å². The molecule has 0 bridgehead atoms. The lowest BCUT2D eigenvalue weighted by Crippen LogP contribution is -1.97. The summed E-state index contributed by atoms with van der Waals surface area (Å²) in [5.74, 6) is -0.461. The van der Waals surface area contributed by atoms with Crippen LogP contribution in [-0.4, -0.2) is 0 Å². The molecule has 2 rings (SSSR count). The molecule has 0 atom stereocenters. The minimum Gasteiger partial charge on any atom is -0.207 e. The molecule has 2 heteroatoms. The largest absolute Gasteiger partial charge is 0.207 e. The highest BCUT2D eigenvalue weighted by Gasteiger charge is 2.15. The van der Waals surface area contributed by atoms with E-state index in [1.165, 1.54) is 18.2 Å². The van der Waals surface area contributed by atoms with Crippen molar-refractivity contribution in [1.29, 1.82) is 0 Å². The Bertz CT molecular complexity index is 625. The fourth-order valence-corrected chi connectivity index (χ4v) is 2.31. The smallest absolute Gasteiger partial charge is 0.131 e. The first-order chi connectivity index (χ1) is 8.41. The van der Waals surface area contributed by atoms with Crippen molar-refractivity contribution in [2.75, 3.05) is 0 Å². The second-order valence-electron chi connectivity index (χ2n) is 4.95. The van der Waals surface area contributed by atoms with E-state index in [4.69, 9.17) is 0 Å². The minimum atomic E-state index is -0.302. The summed E-state index contributed by atoms with van der Waals surface area (Å²) < 4.78 is 27.5. The minimum absolute atomic E-state index is 0.128. The van der Waals surface area contributed by atoms with Gasteiger partial charge >= 0.3 is 0 Å². The van der Waals surface area contributed by atoms with E-state index in [0.717, 1.165) is 16.3 Å². The summed E-state index contributed by atoms with van der Waals surface area (Å²) >= 11 is 0. The van der Waals surface area contributed by atoms with Crippen LogP contribution in [-0.2, 0) is 0 Å². The maximum absolute atomic E-state index is 14.0. The number of allylic oxidation sites excluding steroid dienone is 1. The lowest BCUT2D eigenvalue weighted by molar-refractivity contribution is 0.621. The van der Waals surface area contributed by atoms with Crippen molar-refractivity contribution in [2.45, 2.75) is 26.7 Å². The number of hydrogen-bond acceptors (Lipinski definition) is 0. The molecule has 0 radical (unpaired) electrons. The predicted octanol–water partition coefficient (Wildman–Crippen LogP) is 5.27. The third-order valence-corrected chi connectivity index (χ3v) is 3.11. The Morgan fingerprint density at radius 3 is 2.39 bits per heavy atom. The summed E-state index contributed by atoms with van der Waals surface area (Å²) in [5.41, 5.74) is 1.98. The quantitative estimate of drug-likeness (QED) is 0.676. The molecular formula is C16H16F2. The van der Waals surface area contributed by atoms with E-state index in [0.29, 0.717) is 11.1 Å². The van der Waals surface area contributed by atoms with Crippen LogP contribution in [0.15, 0.2) is 30.8 Å². The molecule has 0 heterocycles. The van der Waals surface area contributed by atoms with Gasteiger partial charge in [-0.25, -0.2) is 8.78 Å². The Balaban J connectivity index is 2.98. The van der Waals surface area contributed by atoms with Crippen LogP contribution in [0.2, 0.25) is 0 Å². The molecule has 0 nitrogen and oxygen atoms in total. The summed E-state index contributed by atoms with van der Waals surface area (Å²) in [7, 11) is 0. The van der Waals surface area contributed by atoms with E-state index in [1.54, 1.807) is 13.0 Å². The fourth-order valence-electron chi connectivity index (χ4n) is 2.31.